The Hall–Kier alpha value is -3.19. The van der Waals surface area contributed by atoms with Crippen LogP contribution in [0.5, 0.6) is 5.75 Å². The van der Waals surface area contributed by atoms with Crippen LogP contribution >= 0.6 is 0 Å². The molecule has 1 heterocycles. The first-order valence-corrected chi connectivity index (χ1v) is 13.6. The Balaban J connectivity index is 1.81. The molecule has 0 bridgehead atoms. The summed E-state index contributed by atoms with van der Waals surface area (Å²) in [7, 11) is 2.10. The summed E-state index contributed by atoms with van der Waals surface area (Å²) in [5.74, 6) is 0.148. The minimum absolute atomic E-state index is 0.000987. The molecule has 2 aromatic rings. The number of esters is 2. The SMILES string of the molecule is CC(=O)Oc1cccc(C23CCN(C)CC2C(OC(C)=O)CC(N(CC(C)C)C(=O)c2ccccc2)C3)c1. The van der Waals surface area contributed by atoms with Gasteiger partial charge in [-0.3, -0.25) is 14.4 Å². The zero-order valence-electron chi connectivity index (χ0n) is 23.2. The highest BCUT2D eigenvalue weighted by Gasteiger charge is 2.54. The minimum Gasteiger partial charge on any atom is -0.462 e. The number of rotatable bonds is 7. The summed E-state index contributed by atoms with van der Waals surface area (Å²) in [4.78, 5) is 42.2. The summed E-state index contributed by atoms with van der Waals surface area (Å²) in [6.45, 7) is 9.36. The minimum atomic E-state index is -0.365. The number of benzene rings is 2. The van der Waals surface area contributed by atoms with Gasteiger partial charge < -0.3 is 19.3 Å². The summed E-state index contributed by atoms with van der Waals surface area (Å²) in [6.07, 6.45) is 1.85. The van der Waals surface area contributed by atoms with Gasteiger partial charge >= 0.3 is 11.9 Å². The molecule has 2 aromatic carbocycles. The second kappa shape index (κ2) is 11.7. The standard InChI is InChI=1S/C31H40N2O5/c1-21(2)19-33(30(36)24-10-7-6-8-11-24)26-17-29(38-23(4)35)28-20-32(5)15-14-31(28,18-26)25-12-9-13-27(16-25)37-22(3)34/h6-13,16,21,26,28-29H,14-15,17-20H2,1-5H3. The molecule has 4 atom stereocenters. The molecule has 1 aliphatic carbocycles. The number of hydrogen-bond acceptors (Lipinski definition) is 6. The Kier molecular flexibility index (Phi) is 8.56. The van der Waals surface area contributed by atoms with Crippen molar-refractivity contribution in [2.75, 3.05) is 26.7 Å². The van der Waals surface area contributed by atoms with E-state index in [-0.39, 0.29) is 47.2 Å². The predicted molar refractivity (Wildman–Crippen MR) is 146 cm³/mol. The summed E-state index contributed by atoms with van der Waals surface area (Å²) >= 11 is 0. The zero-order valence-corrected chi connectivity index (χ0v) is 23.2. The van der Waals surface area contributed by atoms with Crippen LogP contribution in [0.2, 0.25) is 0 Å². The lowest BCUT2D eigenvalue weighted by Gasteiger charge is -2.56. The maximum Gasteiger partial charge on any atom is 0.308 e. The Bertz CT molecular complexity index is 1150. The van der Waals surface area contributed by atoms with Crippen molar-refractivity contribution in [2.24, 2.45) is 11.8 Å². The number of nitrogens with zero attached hydrogens (tertiary/aromatic N) is 2. The summed E-state index contributed by atoms with van der Waals surface area (Å²) in [6, 6.07) is 17.0. The van der Waals surface area contributed by atoms with Crippen LogP contribution < -0.4 is 4.74 Å². The molecule has 0 radical (unpaired) electrons. The van der Waals surface area contributed by atoms with Crippen molar-refractivity contribution < 1.29 is 23.9 Å². The summed E-state index contributed by atoms with van der Waals surface area (Å²) in [5.41, 5.74) is 1.37. The van der Waals surface area contributed by atoms with Crippen molar-refractivity contribution in [1.82, 2.24) is 9.80 Å². The largest absolute Gasteiger partial charge is 0.462 e. The van der Waals surface area contributed by atoms with E-state index < -0.39 is 0 Å². The van der Waals surface area contributed by atoms with E-state index in [2.05, 4.69) is 31.9 Å². The van der Waals surface area contributed by atoms with Crippen molar-refractivity contribution in [2.45, 2.75) is 64.5 Å². The van der Waals surface area contributed by atoms with Crippen LogP contribution in [0.15, 0.2) is 54.6 Å². The van der Waals surface area contributed by atoms with Gasteiger partial charge in [-0.25, -0.2) is 0 Å². The Labute approximate surface area is 226 Å². The smallest absolute Gasteiger partial charge is 0.308 e. The molecule has 1 saturated carbocycles. The van der Waals surface area contributed by atoms with Crippen LogP contribution in [0, 0.1) is 11.8 Å². The number of hydrogen-bond donors (Lipinski definition) is 0. The second-order valence-electron chi connectivity index (χ2n) is 11.4. The lowest BCUT2D eigenvalue weighted by atomic mass is 9.56. The highest BCUT2D eigenvalue weighted by molar-refractivity contribution is 5.94. The molecule has 0 aromatic heterocycles. The van der Waals surface area contributed by atoms with Crippen LogP contribution in [0.1, 0.15) is 62.9 Å². The van der Waals surface area contributed by atoms with Gasteiger partial charge in [-0.15, -0.1) is 0 Å². The number of fused-ring (bicyclic) bond motifs is 1. The third-order valence-corrected chi connectivity index (χ3v) is 7.98. The van der Waals surface area contributed by atoms with Crippen LogP contribution in [0.25, 0.3) is 0 Å². The van der Waals surface area contributed by atoms with Gasteiger partial charge in [0.2, 0.25) is 0 Å². The fraction of sp³-hybridized carbons (Fsp3) is 0.516. The Morgan fingerprint density at radius 1 is 1.05 bits per heavy atom. The molecule has 2 aliphatic rings. The molecule has 7 heteroatoms. The van der Waals surface area contributed by atoms with Crippen LogP contribution in [-0.2, 0) is 19.7 Å². The van der Waals surface area contributed by atoms with Crippen LogP contribution in [-0.4, -0.2) is 66.5 Å². The van der Waals surface area contributed by atoms with Gasteiger partial charge in [-0.05, 0) is 62.2 Å². The van der Waals surface area contributed by atoms with Gasteiger partial charge in [0.25, 0.3) is 5.91 Å². The molecule has 4 unspecified atom stereocenters. The van der Waals surface area contributed by atoms with Crippen molar-refractivity contribution in [1.29, 1.82) is 0 Å². The van der Waals surface area contributed by atoms with Crippen molar-refractivity contribution in [3.8, 4) is 5.75 Å². The van der Waals surface area contributed by atoms with Crippen molar-refractivity contribution in [3.05, 3.63) is 65.7 Å². The average molecular weight is 521 g/mol. The van der Waals surface area contributed by atoms with E-state index in [1.54, 1.807) is 6.07 Å². The van der Waals surface area contributed by atoms with Crippen molar-refractivity contribution >= 4 is 17.8 Å². The maximum absolute atomic E-state index is 13.9. The molecular weight excluding hydrogens is 480 g/mol. The molecule has 7 nitrogen and oxygen atoms in total. The third kappa shape index (κ3) is 6.09. The van der Waals surface area contributed by atoms with Crippen LogP contribution in [0.3, 0.4) is 0 Å². The first-order valence-electron chi connectivity index (χ1n) is 13.6. The molecule has 4 rings (SSSR count). The molecule has 2 fully saturated rings. The van der Waals surface area contributed by atoms with Gasteiger partial charge in [-0.1, -0.05) is 44.2 Å². The van der Waals surface area contributed by atoms with Crippen LogP contribution in [0.4, 0.5) is 0 Å². The highest BCUT2D eigenvalue weighted by Crippen LogP contribution is 2.51. The second-order valence-corrected chi connectivity index (χ2v) is 11.4. The predicted octanol–water partition coefficient (Wildman–Crippen LogP) is 4.69. The third-order valence-electron chi connectivity index (χ3n) is 7.98. The van der Waals surface area contributed by atoms with E-state index >= 15 is 0 Å². The number of amides is 1. The molecule has 1 amide bonds. The van der Waals surface area contributed by atoms with E-state index in [4.69, 9.17) is 9.47 Å². The average Bonchev–Trinajstić information content (AvgIpc) is 2.87. The van der Waals surface area contributed by atoms with E-state index in [1.165, 1.54) is 13.8 Å². The molecular formula is C31H40N2O5. The highest BCUT2D eigenvalue weighted by atomic mass is 16.5. The topological polar surface area (TPSA) is 76.2 Å². The quantitative estimate of drug-likeness (QED) is 0.389. The molecule has 0 spiro atoms. The first-order chi connectivity index (χ1) is 18.1. The molecule has 1 saturated heterocycles. The summed E-state index contributed by atoms with van der Waals surface area (Å²) in [5, 5.41) is 0. The number of ether oxygens (including phenoxy) is 2. The molecule has 0 N–H and O–H groups in total. The monoisotopic (exact) mass is 520 g/mol. The maximum atomic E-state index is 13.9. The van der Waals surface area contributed by atoms with Crippen molar-refractivity contribution in [3.63, 3.8) is 0 Å². The van der Waals surface area contributed by atoms with E-state index in [0.29, 0.717) is 24.3 Å². The number of likely N-dealkylation sites (tertiary alicyclic amines) is 1. The lowest BCUT2D eigenvalue weighted by Crippen LogP contribution is -2.62. The van der Waals surface area contributed by atoms with Gasteiger partial charge in [-0.2, -0.15) is 0 Å². The fourth-order valence-corrected chi connectivity index (χ4v) is 6.47. The van der Waals surface area contributed by atoms with E-state index in [9.17, 15) is 14.4 Å². The molecule has 38 heavy (non-hydrogen) atoms. The van der Waals surface area contributed by atoms with Gasteiger partial charge in [0.05, 0.1) is 0 Å². The van der Waals surface area contributed by atoms with E-state index in [0.717, 1.165) is 31.5 Å². The number of carbonyl (C=O) groups is 3. The van der Waals surface area contributed by atoms with Gasteiger partial charge in [0.15, 0.2) is 0 Å². The normalized spacial score (nSPS) is 25.4. The summed E-state index contributed by atoms with van der Waals surface area (Å²) < 4.78 is 11.5. The van der Waals surface area contributed by atoms with Gasteiger partial charge in [0.1, 0.15) is 11.9 Å². The first kappa shape index (κ1) is 27.8. The van der Waals surface area contributed by atoms with Gasteiger partial charge in [0, 0.05) is 56.3 Å². The molecule has 204 valence electrons. The van der Waals surface area contributed by atoms with E-state index in [1.807, 2.05) is 47.4 Å². The Morgan fingerprint density at radius 3 is 2.45 bits per heavy atom. The Morgan fingerprint density at radius 2 is 1.79 bits per heavy atom. The number of piperidine rings is 1. The zero-order chi connectivity index (χ0) is 27.4. The number of carbonyl (C=O) groups excluding carboxylic acids is 3. The fourth-order valence-electron chi connectivity index (χ4n) is 6.47. The molecule has 1 aliphatic heterocycles. The lowest BCUT2D eigenvalue weighted by molar-refractivity contribution is -0.158.